The third kappa shape index (κ3) is 2.53. The van der Waals surface area contributed by atoms with E-state index in [0.29, 0.717) is 11.1 Å². The second-order valence-corrected chi connectivity index (χ2v) is 4.81. The maximum atomic E-state index is 11.2. The third-order valence-electron chi connectivity index (χ3n) is 3.20. The highest BCUT2D eigenvalue weighted by molar-refractivity contribution is 5.74. The number of nitrogens with zero attached hydrogens (tertiary/aromatic N) is 1. The lowest BCUT2D eigenvalue weighted by molar-refractivity contribution is -0.143. The Morgan fingerprint density at radius 3 is 2.68 bits per heavy atom. The van der Waals surface area contributed by atoms with E-state index >= 15 is 0 Å². The van der Waals surface area contributed by atoms with E-state index in [0.717, 1.165) is 5.56 Å². The topological polar surface area (TPSA) is 86.5 Å². The van der Waals surface area contributed by atoms with E-state index in [2.05, 4.69) is 4.98 Å². The standard InChI is InChI=1S/C13H16N2O4/c1-7(12(16)17)11(15(2)3)8-4-5-10-9(6-8)14-13(18)19-10/h4-7,11H,1-3H3,(H,14,18)(H,16,17). The predicted octanol–water partition coefficient (Wildman–Crippen LogP) is 1.44. The molecule has 1 aromatic heterocycles. The molecule has 2 N–H and O–H groups in total. The molecule has 6 nitrogen and oxygen atoms in total. The normalized spacial score (nSPS) is 14.7. The predicted molar refractivity (Wildman–Crippen MR) is 70.1 cm³/mol. The Labute approximate surface area is 109 Å². The summed E-state index contributed by atoms with van der Waals surface area (Å²) in [6.45, 7) is 1.66. The summed E-state index contributed by atoms with van der Waals surface area (Å²) in [7, 11) is 3.65. The van der Waals surface area contributed by atoms with Gasteiger partial charge in [-0.2, -0.15) is 0 Å². The minimum absolute atomic E-state index is 0.277. The summed E-state index contributed by atoms with van der Waals surface area (Å²) in [5.74, 6) is -1.94. The van der Waals surface area contributed by atoms with E-state index in [9.17, 15) is 14.7 Å². The average molecular weight is 264 g/mol. The van der Waals surface area contributed by atoms with Gasteiger partial charge >= 0.3 is 11.7 Å². The molecule has 1 heterocycles. The zero-order valence-corrected chi connectivity index (χ0v) is 11.0. The zero-order chi connectivity index (χ0) is 14.2. The molecule has 2 rings (SSSR count). The van der Waals surface area contributed by atoms with Gasteiger partial charge < -0.3 is 14.4 Å². The molecule has 0 saturated heterocycles. The van der Waals surface area contributed by atoms with Crippen molar-refractivity contribution < 1.29 is 14.3 Å². The fraction of sp³-hybridized carbons (Fsp3) is 0.385. The monoisotopic (exact) mass is 264 g/mol. The van der Waals surface area contributed by atoms with Crippen LogP contribution in [0.15, 0.2) is 27.4 Å². The Morgan fingerprint density at radius 2 is 2.11 bits per heavy atom. The summed E-state index contributed by atoms with van der Waals surface area (Å²) >= 11 is 0. The van der Waals surface area contributed by atoms with Crippen molar-refractivity contribution in [3.63, 3.8) is 0 Å². The quantitative estimate of drug-likeness (QED) is 0.872. The van der Waals surface area contributed by atoms with E-state index in [-0.39, 0.29) is 6.04 Å². The first-order valence-corrected chi connectivity index (χ1v) is 5.92. The van der Waals surface area contributed by atoms with E-state index < -0.39 is 17.6 Å². The highest BCUT2D eigenvalue weighted by Gasteiger charge is 2.27. The summed E-state index contributed by atoms with van der Waals surface area (Å²) in [4.78, 5) is 26.7. The van der Waals surface area contributed by atoms with Crippen LogP contribution in [0, 0.1) is 5.92 Å². The molecule has 2 aromatic rings. The van der Waals surface area contributed by atoms with Gasteiger partial charge in [-0.25, -0.2) is 4.79 Å². The van der Waals surface area contributed by atoms with Crippen molar-refractivity contribution in [2.45, 2.75) is 13.0 Å². The summed E-state index contributed by atoms with van der Waals surface area (Å²) in [6.07, 6.45) is 0. The first kappa shape index (κ1) is 13.4. The van der Waals surface area contributed by atoms with Crippen LogP contribution in [-0.2, 0) is 4.79 Å². The van der Waals surface area contributed by atoms with Gasteiger partial charge in [0.2, 0.25) is 0 Å². The highest BCUT2D eigenvalue weighted by atomic mass is 16.4. The minimum Gasteiger partial charge on any atom is -0.481 e. The van der Waals surface area contributed by atoms with Gasteiger partial charge in [0.15, 0.2) is 5.58 Å². The molecule has 0 radical (unpaired) electrons. The van der Waals surface area contributed by atoms with Crippen LogP contribution >= 0.6 is 0 Å². The number of carbonyl (C=O) groups is 1. The number of aromatic amines is 1. The first-order valence-electron chi connectivity index (χ1n) is 5.92. The lowest BCUT2D eigenvalue weighted by Crippen LogP contribution is -2.30. The molecule has 6 heteroatoms. The SMILES string of the molecule is CC(C(=O)O)C(c1ccc2oc(=O)[nH]c2c1)N(C)C. The van der Waals surface area contributed by atoms with E-state index in [1.54, 1.807) is 25.1 Å². The maximum absolute atomic E-state index is 11.2. The van der Waals surface area contributed by atoms with Crippen molar-refractivity contribution in [2.75, 3.05) is 14.1 Å². The number of rotatable bonds is 4. The first-order chi connectivity index (χ1) is 8.90. The van der Waals surface area contributed by atoms with E-state index in [1.165, 1.54) is 0 Å². The number of aromatic nitrogens is 1. The molecule has 0 amide bonds. The molecule has 19 heavy (non-hydrogen) atoms. The van der Waals surface area contributed by atoms with Crippen molar-refractivity contribution >= 4 is 17.1 Å². The van der Waals surface area contributed by atoms with Crippen LogP contribution in [0.4, 0.5) is 0 Å². The molecule has 2 unspecified atom stereocenters. The molecule has 0 aliphatic carbocycles. The lowest BCUT2D eigenvalue weighted by atomic mass is 9.93. The molecule has 1 aromatic carbocycles. The largest absolute Gasteiger partial charge is 0.481 e. The van der Waals surface area contributed by atoms with Crippen molar-refractivity contribution in [3.05, 3.63) is 34.3 Å². The average Bonchev–Trinajstić information content (AvgIpc) is 2.67. The van der Waals surface area contributed by atoms with Crippen molar-refractivity contribution in [2.24, 2.45) is 5.92 Å². The molecular formula is C13H16N2O4. The number of aliphatic carboxylic acids is 1. The Balaban J connectivity index is 2.49. The Morgan fingerprint density at radius 1 is 1.42 bits per heavy atom. The zero-order valence-electron chi connectivity index (χ0n) is 11.0. The third-order valence-corrected chi connectivity index (χ3v) is 3.20. The second-order valence-electron chi connectivity index (χ2n) is 4.81. The Kier molecular flexibility index (Phi) is 3.44. The van der Waals surface area contributed by atoms with Gasteiger partial charge in [-0.1, -0.05) is 13.0 Å². The number of H-pyrrole nitrogens is 1. The number of carboxylic acid groups (broad SMARTS) is 1. The minimum atomic E-state index is -0.862. The summed E-state index contributed by atoms with van der Waals surface area (Å²) in [5, 5.41) is 9.18. The Hall–Kier alpha value is -2.08. The number of benzene rings is 1. The molecule has 102 valence electrons. The highest BCUT2D eigenvalue weighted by Crippen LogP contribution is 2.28. The smallest absolute Gasteiger partial charge is 0.417 e. The summed E-state index contributed by atoms with van der Waals surface area (Å²) < 4.78 is 4.93. The van der Waals surface area contributed by atoms with Crippen molar-refractivity contribution in [1.29, 1.82) is 0 Å². The second kappa shape index (κ2) is 4.89. The molecule has 2 atom stereocenters. The molecule has 0 aliphatic rings. The fourth-order valence-electron chi connectivity index (χ4n) is 2.32. The van der Waals surface area contributed by atoms with Crippen molar-refractivity contribution in [1.82, 2.24) is 9.88 Å². The van der Waals surface area contributed by atoms with Gasteiger partial charge in [-0.05, 0) is 31.8 Å². The van der Waals surface area contributed by atoms with Gasteiger partial charge in [0, 0.05) is 6.04 Å². The number of hydrogen-bond acceptors (Lipinski definition) is 4. The summed E-state index contributed by atoms with van der Waals surface area (Å²) in [5.41, 5.74) is 1.87. The van der Waals surface area contributed by atoms with Crippen LogP contribution in [0.3, 0.4) is 0 Å². The Bertz CT molecular complexity index is 656. The van der Waals surface area contributed by atoms with Crippen LogP contribution in [0.2, 0.25) is 0 Å². The molecule has 0 aliphatic heterocycles. The molecule has 0 fully saturated rings. The van der Waals surface area contributed by atoms with Crippen LogP contribution < -0.4 is 5.76 Å². The fourth-order valence-corrected chi connectivity index (χ4v) is 2.32. The number of carboxylic acids is 1. The van der Waals surface area contributed by atoms with E-state index in [4.69, 9.17) is 4.42 Å². The summed E-state index contributed by atoms with van der Waals surface area (Å²) in [6, 6.07) is 4.93. The molecule has 0 spiro atoms. The lowest BCUT2D eigenvalue weighted by Gasteiger charge is -2.28. The molecular weight excluding hydrogens is 248 g/mol. The van der Waals surface area contributed by atoms with Crippen LogP contribution in [0.25, 0.3) is 11.1 Å². The van der Waals surface area contributed by atoms with Crippen LogP contribution in [0.5, 0.6) is 0 Å². The van der Waals surface area contributed by atoms with Gasteiger partial charge in [0.1, 0.15) is 0 Å². The number of hydrogen-bond donors (Lipinski definition) is 2. The molecule has 0 bridgehead atoms. The van der Waals surface area contributed by atoms with Crippen LogP contribution in [0.1, 0.15) is 18.5 Å². The molecule has 0 saturated carbocycles. The van der Waals surface area contributed by atoms with Gasteiger partial charge in [-0.3, -0.25) is 9.78 Å². The van der Waals surface area contributed by atoms with Gasteiger partial charge in [0.25, 0.3) is 0 Å². The van der Waals surface area contributed by atoms with Crippen LogP contribution in [-0.4, -0.2) is 35.1 Å². The maximum Gasteiger partial charge on any atom is 0.417 e. The number of oxazole rings is 1. The van der Waals surface area contributed by atoms with Crippen molar-refractivity contribution in [3.8, 4) is 0 Å². The van der Waals surface area contributed by atoms with Gasteiger partial charge in [-0.15, -0.1) is 0 Å². The number of fused-ring (bicyclic) bond motifs is 1. The number of nitrogens with one attached hydrogen (secondary N) is 1. The van der Waals surface area contributed by atoms with Gasteiger partial charge in [0.05, 0.1) is 11.4 Å². The van der Waals surface area contributed by atoms with E-state index in [1.807, 2.05) is 19.0 Å².